The summed E-state index contributed by atoms with van der Waals surface area (Å²) in [5.74, 6) is 0.977. The van der Waals surface area contributed by atoms with E-state index in [4.69, 9.17) is 9.72 Å². The maximum absolute atomic E-state index is 12.4. The Hall–Kier alpha value is -2.92. The molecule has 5 heteroatoms. The van der Waals surface area contributed by atoms with E-state index in [0.717, 1.165) is 65.4 Å². The molecule has 144 valence electrons. The van der Waals surface area contributed by atoms with Crippen LogP contribution in [-0.4, -0.2) is 37.2 Å². The minimum atomic E-state index is -0.0134. The Labute approximate surface area is 165 Å². The number of hydrogen-bond acceptors (Lipinski definition) is 4. The molecule has 1 saturated heterocycles. The van der Waals surface area contributed by atoms with Crippen molar-refractivity contribution >= 4 is 28.3 Å². The summed E-state index contributed by atoms with van der Waals surface area (Å²) in [5, 5.41) is 4.07. The highest BCUT2D eigenvalue weighted by Crippen LogP contribution is 2.26. The van der Waals surface area contributed by atoms with Crippen LogP contribution in [0.1, 0.15) is 16.7 Å². The summed E-state index contributed by atoms with van der Waals surface area (Å²) in [4.78, 5) is 19.5. The molecule has 5 nitrogen and oxygen atoms in total. The fourth-order valence-corrected chi connectivity index (χ4v) is 3.62. The van der Waals surface area contributed by atoms with Crippen molar-refractivity contribution in [3.05, 3.63) is 65.2 Å². The number of nitrogens with one attached hydrogen (secondary N) is 1. The monoisotopic (exact) mass is 375 g/mol. The van der Waals surface area contributed by atoms with E-state index >= 15 is 0 Å². The predicted octanol–water partition coefficient (Wildman–Crippen LogP) is 3.87. The van der Waals surface area contributed by atoms with E-state index in [1.807, 2.05) is 49.4 Å². The average molecular weight is 375 g/mol. The SMILES string of the molecule is Cc1cccc(CC(=O)Nc2ccc3nc(N4CCOCC4)cc(C)c3c2)c1. The predicted molar refractivity (Wildman–Crippen MR) is 113 cm³/mol. The molecule has 2 aromatic carbocycles. The second-order valence-electron chi connectivity index (χ2n) is 7.34. The number of rotatable bonds is 4. The first kappa shape index (κ1) is 18.4. The average Bonchev–Trinajstić information content (AvgIpc) is 2.69. The number of carbonyl (C=O) groups excluding carboxylic acids is 1. The summed E-state index contributed by atoms with van der Waals surface area (Å²) in [6, 6.07) is 16.1. The van der Waals surface area contributed by atoms with Gasteiger partial charge in [-0.2, -0.15) is 0 Å². The van der Waals surface area contributed by atoms with Gasteiger partial charge in [-0.1, -0.05) is 29.8 Å². The molecule has 1 amide bonds. The van der Waals surface area contributed by atoms with Gasteiger partial charge in [-0.05, 0) is 49.2 Å². The highest BCUT2D eigenvalue weighted by molar-refractivity contribution is 5.95. The lowest BCUT2D eigenvalue weighted by Crippen LogP contribution is -2.36. The molecule has 0 spiro atoms. The number of benzene rings is 2. The van der Waals surface area contributed by atoms with Crippen molar-refractivity contribution < 1.29 is 9.53 Å². The quantitative estimate of drug-likeness (QED) is 0.752. The van der Waals surface area contributed by atoms with Gasteiger partial charge in [0, 0.05) is 24.2 Å². The molecule has 3 aromatic rings. The summed E-state index contributed by atoms with van der Waals surface area (Å²) < 4.78 is 5.43. The zero-order valence-corrected chi connectivity index (χ0v) is 16.4. The van der Waals surface area contributed by atoms with Gasteiger partial charge in [0.2, 0.25) is 5.91 Å². The Balaban J connectivity index is 1.52. The molecule has 1 fully saturated rings. The van der Waals surface area contributed by atoms with Crippen LogP contribution in [0.25, 0.3) is 10.9 Å². The van der Waals surface area contributed by atoms with E-state index in [9.17, 15) is 4.79 Å². The van der Waals surface area contributed by atoms with E-state index < -0.39 is 0 Å². The number of morpholine rings is 1. The summed E-state index contributed by atoms with van der Waals surface area (Å²) >= 11 is 0. The second kappa shape index (κ2) is 7.98. The van der Waals surface area contributed by atoms with Crippen LogP contribution in [0, 0.1) is 13.8 Å². The van der Waals surface area contributed by atoms with Gasteiger partial charge in [-0.15, -0.1) is 0 Å². The van der Waals surface area contributed by atoms with E-state index in [2.05, 4.69) is 23.2 Å². The van der Waals surface area contributed by atoms with Crippen molar-refractivity contribution in [3.8, 4) is 0 Å². The summed E-state index contributed by atoms with van der Waals surface area (Å²) in [7, 11) is 0. The number of aromatic nitrogens is 1. The molecule has 0 saturated carbocycles. The van der Waals surface area contributed by atoms with Gasteiger partial charge in [0.1, 0.15) is 5.82 Å². The van der Waals surface area contributed by atoms with Crippen molar-refractivity contribution in [2.24, 2.45) is 0 Å². The van der Waals surface area contributed by atoms with E-state index in [1.54, 1.807) is 0 Å². The van der Waals surface area contributed by atoms with Gasteiger partial charge in [0.15, 0.2) is 0 Å². The standard InChI is InChI=1S/C23H25N3O2/c1-16-4-3-5-18(12-16)14-23(27)24-19-6-7-21-20(15-19)17(2)13-22(25-21)26-8-10-28-11-9-26/h3-7,12-13,15H,8-11,14H2,1-2H3,(H,24,27). The van der Waals surface area contributed by atoms with Crippen LogP contribution in [0.4, 0.5) is 11.5 Å². The second-order valence-corrected chi connectivity index (χ2v) is 7.34. The Morgan fingerprint density at radius 2 is 1.93 bits per heavy atom. The summed E-state index contributed by atoms with van der Waals surface area (Å²) in [5.41, 5.74) is 5.08. The molecular formula is C23H25N3O2. The Bertz CT molecular complexity index is 1010. The Morgan fingerprint density at radius 1 is 1.11 bits per heavy atom. The molecule has 28 heavy (non-hydrogen) atoms. The molecule has 2 heterocycles. The zero-order valence-electron chi connectivity index (χ0n) is 16.4. The minimum absolute atomic E-state index is 0.0134. The molecule has 0 atom stereocenters. The molecule has 4 rings (SSSR count). The molecule has 0 bridgehead atoms. The van der Waals surface area contributed by atoms with Gasteiger partial charge < -0.3 is 15.0 Å². The Morgan fingerprint density at radius 3 is 2.71 bits per heavy atom. The van der Waals surface area contributed by atoms with Crippen LogP contribution in [-0.2, 0) is 16.0 Å². The van der Waals surface area contributed by atoms with Gasteiger partial charge in [-0.3, -0.25) is 4.79 Å². The maximum atomic E-state index is 12.4. The van der Waals surface area contributed by atoms with Crippen LogP contribution in [0.5, 0.6) is 0 Å². The third kappa shape index (κ3) is 4.15. The van der Waals surface area contributed by atoms with E-state index in [-0.39, 0.29) is 5.91 Å². The molecule has 1 aromatic heterocycles. The molecule has 1 aliphatic heterocycles. The lowest BCUT2D eigenvalue weighted by atomic mass is 10.1. The molecule has 0 unspecified atom stereocenters. The van der Waals surface area contributed by atoms with Crippen LogP contribution in [0.3, 0.4) is 0 Å². The molecule has 0 aliphatic carbocycles. The highest BCUT2D eigenvalue weighted by atomic mass is 16.5. The van der Waals surface area contributed by atoms with Crippen molar-refractivity contribution in [2.45, 2.75) is 20.3 Å². The lowest BCUT2D eigenvalue weighted by Gasteiger charge is -2.28. The number of hydrogen-bond donors (Lipinski definition) is 1. The van der Waals surface area contributed by atoms with Crippen LogP contribution in [0.2, 0.25) is 0 Å². The van der Waals surface area contributed by atoms with Gasteiger partial charge in [0.25, 0.3) is 0 Å². The zero-order chi connectivity index (χ0) is 19.5. The number of ether oxygens (including phenoxy) is 1. The third-order valence-electron chi connectivity index (χ3n) is 5.07. The number of nitrogens with zero attached hydrogens (tertiary/aromatic N) is 2. The van der Waals surface area contributed by atoms with Crippen LogP contribution >= 0.6 is 0 Å². The van der Waals surface area contributed by atoms with Gasteiger partial charge >= 0.3 is 0 Å². The van der Waals surface area contributed by atoms with Crippen molar-refractivity contribution in [1.82, 2.24) is 4.98 Å². The van der Waals surface area contributed by atoms with Gasteiger partial charge in [-0.25, -0.2) is 4.98 Å². The van der Waals surface area contributed by atoms with Crippen molar-refractivity contribution in [3.63, 3.8) is 0 Å². The first-order valence-electron chi connectivity index (χ1n) is 9.68. The number of carbonyl (C=O) groups is 1. The highest BCUT2D eigenvalue weighted by Gasteiger charge is 2.14. The molecular weight excluding hydrogens is 350 g/mol. The maximum Gasteiger partial charge on any atom is 0.228 e. The smallest absolute Gasteiger partial charge is 0.228 e. The number of pyridine rings is 1. The van der Waals surface area contributed by atoms with E-state index in [1.165, 1.54) is 0 Å². The minimum Gasteiger partial charge on any atom is -0.378 e. The first-order valence-corrected chi connectivity index (χ1v) is 9.68. The Kier molecular flexibility index (Phi) is 5.26. The van der Waals surface area contributed by atoms with Crippen LogP contribution < -0.4 is 10.2 Å². The van der Waals surface area contributed by atoms with Crippen molar-refractivity contribution in [2.75, 3.05) is 36.5 Å². The fourth-order valence-electron chi connectivity index (χ4n) is 3.62. The molecule has 1 aliphatic rings. The van der Waals surface area contributed by atoms with Crippen molar-refractivity contribution in [1.29, 1.82) is 0 Å². The van der Waals surface area contributed by atoms with Crippen LogP contribution in [0.15, 0.2) is 48.5 Å². The summed E-state index contributed by atoms with van der Waals surface area (Å²) in [6.07, 6.45) is 0.368. The number of fused-ring (bicyclic) bond motifs is 1. The lowest BCUT2D eigenvalue weighted by molar-refractivity contribution is -0.115. The first-order chi connectivity index (χ1) is 13.6. The molecule has 1 N–H and O–H groups in total. The largest absolute Gasteiger partial charge is 0.378 e. The number of amides is 1. The number of aryl methyl sites for hydroxylation is 2. The summed E-state index contributed by atoms with van der Waals surface area (Å²) in [6.45, 7) is 7.34. The third-order valence-corrected chi connectivity index (χ3v) is 5.07. The number of anilines is 2. The molecule has 0 radical (unpaired) electrons. The normalized spacial score (nSPS) is 14.3. The van der Waals surface area contributed by atoms with E-state index in [0.29, 0.717) is 6.42 Å². The topological polar surface area (TPSA) is 54.5 Å². The fraction of sp³-hybridized carbons (Fsp3) is 0.304. The van der Waals surface area contributed by atoms with Gasteiger partial charge in [0.05, 0.1) is 25.2 Å².